The molecule has 0 aromatic heterocycles. The Bertz CT molecular complexity index is 1380. The molecule has 5 rings (SSSR count). The number of benzene rings is 3. The number of carbonyl (C=O) groups is 1. The third-order valence-electron chi connectivity index (χ3n) is 6.30. The van der Waals surface area contributed by atoms with Crippen LogP contribution in [0, 0.1) is 5.92 Å². The van der Waals surface area contributed by atoms with E-state index >= 15 is 0 Å². The Morgan fingerprint density at radius 3 is 2.37 bits per heavy atom. The van der Waals surface area contributed by atoms with E-state index in [4.69, 9.17) is 14.2 Å². The molecule has 1 N–H and O–H groups in total. The maximum absolute atomic E-state index is 13.8. The summed E-state index contributed by atoms with van der Waals surface area (Å²) in [5, 5.41) is 2.80. The molecule has 3 aromatic carbocycles. The molecule has 35 heavy (non-hydrogen) atoms. The van der Waals surface area contributed by atoms with Crippen molar-refractivity contribution in [2.75, 3.05) is 25.5 Å². The smallest absolute Gasteiger partial charge is 0.259 e. The lowest BCUT2D eigenvalue weighted by atomic mass is 10.0. The largest absolute Gasteiger partial charge is 0.493 e. The van der Waals surface area contributed by atoms with Crippen molar-refractivity contribution in [2.45, 2.75) is 24.7 Å². The van der Waals surface area contributed by atoms with E-state index in [1.54, 1.807) is 48.5 Å². The van der Waals surface area contributed by atoms with Crippen molar-refractivity contribution in [1.29, 1.82) is 0 Å². The molecule has 1 fully saturated rings. The SMILES string of the molecule is COc1ccccc1Oc1cc2c(cc1S(=O)(=O)N1CCC(C)CC1)C(=O)Nc1ccccc1O2. The van der Waals surface area contributed by atoms with Crippen LogP contribution in [-0.2, 0) is 10.0 Å². The molecular formula is C26H26N2O6S. The van der Waals surface area contributed by atoms with Gasteiger partial charge in [0.05, 0.1) is 18.4 Å². The number of methoxy groups -OCH3 is 1. The number of ether oxygens (including phenoxy) is 3. The highest BCUT2D eigenvalue weighted by molar-refractivity contribution is 7.89. The first-order valence-corrected chi connectivity index (χ1v) is 12.9. The van der Waals surface area contributed by atoms with Crippen molar-refractivity contribution >= 4 is 21.6 Å². The molecule has 9 heteroatoms. The molecule has 8 nitrogen and oxygen atoms in total. The van der Waals surface area contributed by atoms with Gasteiger partial charge in [-0.2, -0.15) is 4.31 Å². The van der Waals surface area contributed by atoms with E-state index in [0.29, 0.717) is 41.9 Å². The number of hydrogen-bond acceptors (Lipinski definition) is 6. The van der Waals surface area contributed by atoms with Gasteiger partial charge in [-0.25, -0.2) is 8.42 Å². The molecule has 0 bridgehead atoms. The monoisotopic (exact) mass is 494 g/mol. The minimum absolute atomic E-state index is 0.0547. The Labute approximate surface area is 204 Å². The Hall–Kier alpha value is -3.56. The fourth-order valence-electron chi connectivity index (χ4n) is 4.24. The standard InChI is InChI=1S/C26H26N2O6S/c1-17-11-13-28(14-12-17)35(30,31)25-15-18-23(33-20-8-4-3-7-19(20)27-26(18)29)16-24(25)34-22-10-6-5-9-21(22)32-2/h3-10,15-17H,11-14H2,1-2H3,(H,27,29). The number of fused-ring (bicyclic) bond motifs is 2. The van der Waals surface area contributed by atoms with E-state index < -0.39 is 15.9 Å². The fourth-order valence-corrected chi connectivity index (χ4v) is 5.83. The number of nitrogens with zero attached hydrogens (tertiary/aromatic N) is 1. The summed E-state index contributed by atoms with van der Waals surface area (Å²) in [7, 11) is -2.45. The van der Waals surface area contributed by atoms with Crippen molar-refractivity contribution in [3.8, 4) is 28.7 Å². The number of amides is 1. The van der Waals surface area contributed by atoms with Gasteiger partial charge < -0.3 is 19.5 Å². The summed E-state index contributed by atoms with van der Waals surface area (Å²) < 4.78 is 46.6. The van der Waals surface area contributed by atoms with E-state index in [2.05, 4.69) is 12.2 Å². The molecule has 182 valence electrons. The first kappa shape index (κ1) is 23.2. The number of anilines is 1. The number of sulfonamides is 1. The molecule has 2 aliphatic heterocycles. The number of para-hydroxylation sites is 4. The van der Waals surface area contributed by atoms with Crippen LogP contribution in [0.15, 0.2) is 65.6 Å². The lowest BCUT2D eigenvalue weighted by Crippen LogP contribution is -2.38. The van der Waals surface area contributed by atoms with Crippen molar-refractivity contribution in [3.63, 3.8) is 0 Å². The van der Waals surface area contributed by atoms with Crippen LogP contribution in [0.3, 0.4) is 0 Å². The molecule has 2 aliphatic rings. The van der Waals surface area contributed by atoms with Crippen LogP contribution >= 0.6 is 0 Å². The predicted octanol–water partition coefficient (Wildman–Crippen LogP) is 5.27. The highest BCUT2D eigenvalue weighted by atomic mass is 32.2. The number of piperidine rings is 1. The molecule has 3 aromatic rings. The average molecular weight is 495 g/mol. The van der Waals surface area contributed by atoms with Gasteiger partial charge in [0.15, 0.2) is 23.0 Å². The first-order valence-electron chi connectivity index (χ1n) is 11.4. The number of nitrogens with one attached hydrogen (secondary N) is 1. The van der Waals surface area contributed by atoms with E-state index in [1.807, 2.05) is 0 Å². The molecule has 0 unspecified atom stereocenters. The Morgan fingerprint density at radius 2 is 1.63 bits per heavy atom. The van der Waals surface area contributed by atoms with Crippen molar-refractivity contribution in [3.05, 3.63) is 66.2 Å². The topological polar surface area (TPSA) is 94.2 Å². The molecular weight excluding hydrogens is 468 g/mol. The molecule has 0 radical (unpaired) electrons. The number of hydrogen-bond donors (Lipinski definition) is 1. The second-order valence-corrected chi connectivity index (χ2v) is 10.6. The summed E-state index contributed by atoms with van der Waals surface area (Å²) in [5.41, 5.74) is 0.604. The Kier molecular flexibility index (Phi) is 6.12. The van der Waals surface area contributed by atoms with Gasteiger partial charge in [-0.1, -0.05) is 31.2 Å². The quantitative estimate of drug-likeness (QED) is 0.520. The maximum Gasteiger partial charge on any atom is 0.259 e. The zero-order valence-corrected chi connectivity index (χ0v) is 20.3. The molecule has 0 saturated carbocycles. The summed E-state index contributed by atoms with van der Waals surface area (Å²) in [4.78, 5) is 13.0. The minimum Gasteiger partial charge on any atom is -0.493 e. The predicted molar refractivity (Wildman–Crippen MR) is 131 cm³/mol. The molecule has 0 atom stereocenters. The second kappa shape index (κ2) is 9.24. The first-order chi connectivity index (χ1) is 16.9. The fraction of sp³-hybridized carbons (Fsp3) is 0.269. The van der Waals surface area contributed by atoms with Gasteiger partial charge in [0.1, 0.15) is 10.6 Å². The van der Waals surface area contributed by atoms with E-state index in [-0.39, 0.29) is 22.0 Å². The summed E-state index contributed by atoms with van der Waals surface area (Å²) in [6.45, 7) is 2.92. The van der Waals surface area contributed by atoms with Crippen molar-refractivity contribution in [2.24, 2.45) is 5.92 Å². The van der Waals surface area contributed by atoms with Crippen LogP contribution in [0.2, 0.25) is 0 Å². The number of carbonyl (C=O) groups excluding carboxylic acids is 1. The highest BCUT2D eigenvalue weighted by Gasteiger charge is 2.34. The summed E-state index contributed by atoms with van der Waals surface area (Å²) >= 11 is 0. The molecule has 2 heterocycles. The van der Waals surface area contributed by atoms with Crippen LogP contribution in [0.25, 0.3) is 0 Å². The lowest BCUT2D eigenvalue weighted by molar-refractivity contribution is 0.102. The Morgan fingerprint density at radius 1 is 0.943 bits per heavy atom. The molecule has 1 amide bonds. The van der Waals surface area contributed by atoms with Gasteiger partial charge in [-0.15, -0.1) is 0 Å². The minimum atomic E-state index is -3.96. The lowest BCUT2D eigenvalue weighted by Gasteiger charge is -2.30. The maximum atomic E-state index is 13.8. The van der Waals surface area contributed by atoms with Crippen LogP contribution in [-0.4, -0.2) is 38.8 Å². The summed E-state index contributed by atoms with van der Waals surface area (Å²) in [6, 6.07) is 16.8. The third kappa shape index (κ3) is 4.44. The third-order valence-corrected chi connectivity index (χ3v) is 8.21. The molecule has 0 spiro atoms. The summed E-state index contributed by atoms with van der Waals surface area (Å²) in [6.07, 6.45) is 1.54. The summed E-state index contributed by atoms with van der Waals surface area (Å²) in [5.74, 6) is 1.48. The van der Waals surface area contributed by atoms with Crippen molar-refractivity contribution < 1.29 is 27.4 Å². The van der Waals surface area contributed by atoms with E-state index in [0.717, 1.165) is 12.8 Å². The normalized spacial score (nSPS) is 16.3. The zero-order valence-electron chi connectivity index (χ0n) is 19.5. The molecule has 1 saturated heterocycles. The van der Waals surface area contributed by atoms with Gasteiger partial charge >= 0.3 is 0 Å². The van der Waals surface area contributed by atoms with Crippen molar-refractivity contribution in [1.82, 2.24) is 4.31 Å². The van der Waals surface area contributed by atoms with Gasteiger partial charge in [-0.05, 0) is 49.1 Å². The van der Waals surface area contributed by atoms with Crippen LogP contribution in [0.1, 0.15) is 30.1 Å². The van der Waals surface area contributed by atoms with Crippen LogP contribution < -0.4 is 19.5 Å². The number of rotatable bonds is 5. The molecule has 0 aliphatic carbocycles. The van der Waals surface area contributed by atoms with Crippen LogP contribution in [0.4, 0.5) is 5.69 Å². The van der Waals surface area contributed by atoms with Gasteiger partial charge in [0.2, 0.25) is 10.0 Å². The van der Waals surface area contributed by atoms with Gasteiger partial charge in [-0.3, -0.25) is 4.79 Å². The Balaban J connectivity index is 1.65. The van der Waals surface area contributed by atoms with Crippen LogP contribution in [0.5, 0.6) is 28.7 Å². The van der Waals surface area contributed by atoms with Gasteiger partial charge in [0, 0.05) is 19.2 Å². The van der Waals surface area contributed by atoms with E-state index in [9.17, 15) is 13.2 Å². The second-order valence-electron chi connectivity index (χ2n) is 8.69. The van der Waals surface area contributed by atoms with Gasteiger partial charge in [0.25, 0.3) is 5.91 Å². The zero-order chi connectivity index (χ0) is 24.6. The van der Waals surface area contributed by atoms with E-state index in [1.165, 1.54) is 23.5 Å². The highest BCUT2D eigenvalue weighted by Crippen LogP contribution is 2.43. The average Bonchev–Trinajstić information content (AvgIpc) is 2.99.